The summed E-state index contributed by atoms with van der Waals surface area (Å²) in [6.45, 7) is 2.03. The lowest BCUT2D eigenvalue weighted by molar-refractivity contribution is -0.137. The van der Waals surface area contributed by atoms with E-state index < -0.39 is 33.6 Å². The van der Waals surface area contributed by atoms with E-state index in [-0.39, 0.29) is 23.7 Å². The fraction of sp³-hybridized carbons (Fsp3) is 0.381. The minimum atomic E-state index is -4.46. The zero-order chi connectivity index (χ0) is 22.8. The summed E-state index contributed by atoms with van der Waals surface area (Å²) in [5, 5.41) is 2.58. The summed E-state index contributed by atoms with van der Waals surface area (Å²) in [4.78, 5) is 12.7. The smallest absolute Gasteiger partial charge is 0.416 e. The number of methoxy groups -OCH3 is 1. The van der Waals surface area contributed by atoms with Crippen LogP contribution in [0.5, 0.6) is 5.75 Å². The zero-order valence-corrected chi connectivity index (χ0v) is 17.9. The molecule has 0 saturated carbocycles. The SMILES string of the molecule is COc1ccc(S(=O)(=O)N2CCC[C@@H](C(=O)Nc3ccc(C(F)(F)F)cc3)C2)cc1C. The Morgan fingerprint density at radius 3 is 2.42 bits per heavy atom. The monoisotopic (exact) mass is 456 g/mol. The lowest BCUT2D eigenvalue weighted by atomic mass is 9.98. The van der Waals surface area contributed by atoms with Gasteiger partial charge in [0, 0.05) is 18.8 Å². The molecule has 1 saturated heterocycles. The molecule has 0 bridgehead atoms. The average Bonchev–Trinajstić information content (AvgIpc) is 2.73. The van der Waals surface area contributed by atoms with Crippen LogP contribution in [0.15, 0.2) is 47.4 Å². The van der Waals surface area contributed by atoms with Crippen LogP contribution in [0.4, 0.5) is 18.9 Å². The molecule has 1 heterocycles. The fourth-order valence-electron chi connectivity index (χ4n) is 3.52. The Balaban J connectivity index is 1.71. The first kappa shape index (κ1) is 23.1. The quantitative estimate of drug-likeness (QED) is 0.736. The highest BCUT2D eigenvalue weighted by atomic mass is 32.2. The van der Waals surface area contributed by atoms with E-state index in [2.05, 4.69) is 5.32 Å². The van der Waals surface area contributed by atoms with Crippen LogP contribution in [0.3, 0.4) is 0 Å². The van der Waals surface area contributed by atoms with Crippen molar-refractivity contribution < 1.29 is 31.1 Å². The van der Waals surface area contributed by atoms with Crippen molar-refractivity contribution in [2.45, 2.75) is 30.8 Å². The number of ether oxygens (including phenoxy) is 1. The van der Waals surface area contributed by atoms with E-state index in [0.717, 1.165) is 12.1 Å². The molecule has 168 valence electrons. The summed E-state index contributed by atoms with van der Waals surface area (Å²) < 4.78 is 70.6. The first-order chi connectivity index (χ1) is 14.5. The maximum atomic E-state index is 13.0. The molecule has 1 N–H and O–H groups in total. The average molecular weight is 456 g/mol. The molecule has 0 radical (unpaired) electrons. The lowest BCUT2D eigenvalue weighted by Gasteiger charge is -2.31. The third-order valence-electron chi connectivity index (χ3n) is 5.24. The number of nitrogens with zero attached hydrogens (tertiary/aromatic N) is 1. The van der Waals surface area contributed by atoms with Gasteiger partial charge in [0.25, 0.3) is 0 Å². The van der Waals surface area contributed by atoms with Crippen LogP contribution in [0.25, 0.3) is 0 Å². The van der Waals surface area contributed by atoms with Gasteiger partial charge < -0.3 is 10.1 Å². The number of carbonyl (C=O) groups excluding carboxylic acids is 1. The van der Waals surface area contributed by atoms with Crippen LogP contribution in [-0.2, 0) is 21.0 Å². The Bertz CT molecular complexity index is 1050. The first-order valence-corrected chi connectivity index (χ1v) is 11.1. The molecule has 0 spiro atoms. The van der Waals surface area contributed by atoms with E-state index in [1.807, 2.05) is 0 Å². The van der Waals surface area contributed by atoms with Crippen molar-refractivity contribution in [2.24, 2.45) is 5.92 Å². The molecule has 10 heteroatoms. The number of rotatable bonds is 5. The van der Waals surface area contributed by atoms with Crippen molar-refractivity contribution in [2.75, 3.05) is 25.5 Å². The van der Waals surface area contributed by atoms with Crippen molar-refractivity contribution in [3.05, 3.63) is 53.6 Å². The van der Waals surface area contributed by atoms with Gasteiger partial charge in [0.05, 0.1) is 23.5 Å². The van der Waals surface area contributed by atoms with Crippen molar-refractivity contribution >= 4 is 21.6 Å². The molecule has 1 aliphatic rings. The topological polar surface area (TPSA) is 75.7 Å². The van der Waals surface area contributed by atoms with E-state index in [9.17, 15) is 26.4 Å². The van der Waals surface area contributed by atoms with Gasteiger partial charge in [-0.05, 0) is 67.8 Å². The summed E-state index contributed by atoms with van der Waals surface area (Å²) in [6.07, 6.45) is -3.47. The Kier molecular flexibility index (Phi) is 6.61. The van der Waals surface area contributed by atoms with Crippen molar-refractivity contribution in [3.63, 3.8) is 0 Å². The van der Waals surface area contributed by atoms with Crippen molar-refractivity contribution in [1.82, 2.24) is 4.31 Å². The largest absolute Gasteiger partial charge is 0.496 e. The maximum Gasteiger partial charge on any atom is 0.416 e. The minimum Gasteiger partial charge on any atom is -0.496 e. The van der Waals surface area contributed by atoms with Crippen LogP contribution < -0.4 is 10.1 Å². The van der Waals surface area contributed by atoms with Gasteiger partial charge in [0.15, 0.2) is 0 Å². The second-order valence-electron chi connectivity index (χ2n) is 7.40. The molecular weight excluding hydrogens is 433 g/mol. The zero-order valence-electron chi connectivity index (χ0n) is 17.1. The molecule has 1 aliphatic heterocycles. The number of carbonyl (C=O) groups is 1. The summed E-state index contributed by atoms with van der Waals surface area (Å²) in [7, 11) is -2.30. The summed E-state index contributed by atoms with van der Waals surface area (Å²) in [6, 6.07) is 8.71. The fourth-order valence-corrected chi connectivity index (χ4v) is 5.13. The second-order valence-corrected chi connectivity index (χ2v) is 9.34. The highest BCUT2D eigenvalue weighted by molar-refractivity contribution is 7.89. The van der Waals surface area contributed by atoms with Crippen LogP contribution in [-0.4, -0.2) is 38.8 Å². The first-order valence-electron chi connectivity index (χ1n) is 9.65. The van der Waals surface area contributed by atoms with Crippen molar-refractivity contribution in [3.8, 4) is 5.75 Å². The van der Waals surface area contributed by atoms with E-state index in [0.29, 0.717) is 24.2 Å². The number of hydrogen-bond acceptors (Lipinski definition) is 4. The third kappa shape index (κ3) is 5.19. The number of aryl methyl sites for hydroxylation is 1. The Labute approximate surface area is 179 Å². The molecule has 0 aliphatic carbocycles. The number of sulfonamides is 1. The number of anilines is 1. The predicted octanol–water partition coefficient (Wildman–Crippen LogP) is 4.06. The van der Waals surface area contributed by atoms with Gasteiger partial charge in [-0.25, -0.2) is 8.42 Å². The number of nitrogens with one attached hydrogen (secondary N) is 1. The molecule has 1 amide bonds. The number of amides is 1. The molecule has 3 rings (SSSR count). The number of piperidine rings is 1. The number of hydrogen-bond donors (Lipinski definition) is 1. The van der Waals surface area contributed by atoms with Crippen LogP contribution in [0.2, 0.25) is 0 Å². The summed E-state index contributed by atoms with van der Waals surface area (Å²) in [5.74, 6) is -0.456. The van der Waals surface area contributed by atoms with Crippen LogP contribution >= 0.6 is 0 Å². The third-order valence-corrected chi connectivity index (χ3v) is 7.10. The second kappa shape index (κ2) is 8.88. The molecule has 0 aromatic heterocycles. The highest BCUT2D eigenvalue weighted by Crippen LogP contribution is 2.31. The van der Waals surface area contributed by atoms with Crippen LogP contribution in [0.1, 0.15) is 24.0 Å². The minimum absolute atomic E-state index is 0.000121. The Morgan fingerprint density at radius 2 is 1.84 bits per heavy atom. The van der Waals surface area contributed by atoms with Gasteiger partial charge in [-0.3, -0.25) is 4.79 Å². The maximum absolute atomic E-state index is 13.0. The van der Waals surface area contributed by atoms with Gasteiger partial charge in [-0.1, -0.05) is 0 Å². The normalized spacial score (nSPS) is 17.9. The van der Waals surface area contributed by atoms with Gasteiger partial charge in [-0.15, -0.1) is 0 Å². The molecular formula is C21H23F3N2O4S. The molecule has 2 aromatic carbocycles. The molecule has 6 nitrogen and oxygen atoms in total. The van der Waals surface area contributed by atoms with Gasteiger partial charge >= 0.3 is 6.18 Å². The Morgan fingerprint density at radius 1 is 1.16 bits per heavy atom. The predicted molar refractivity (Wildman–Crippen MR) is 109 cm³/mol. The van der Waals surface area contributed by atoms with Crippen LogP contribution in [0, 0.1) is 12.8 Å². The number of alkyl halides is 3. The summed E-state index contributed by atoms with van der Waals surface area (Å²) >= 11 is 0. The van der Waals surface area contributed by atoms with E-state index in [1.165, 1.54) is 35.7 Å². The summed E-state index contributed by atoms with van der Waals surface area (Å²) in [5.41, 5.74) is 0.0937. The highest BCUT2D eigenvalue weighted by Gasteiger charge is 2.34. The standard InChI is InChI=1S/C21H23F3N2O4S/c1-14-12-18(9-10-19(14)30-2)31(28,29)26-11-3-4-15(13-26)20(27)25-17-7-5-16(6-8-17)21(22,23)24/h5-10,12,15H,3-4,11,13H2,1-2H3,(H,25,27)/t15-/m1/s1. The van der Waals surface area contributed by atoms with E-state index >= 15 is 0 Å². The lowest BCUT2D eigenvalue weighted by Crippen LogP contribution is -2.43. The van der Waals surface area contributed by atoms with Gasteiger partial charge in [-0.2, -0.15) is 17.5 Å². The molecule has 1 atom stereocenters. The van der Waals surface area contributed by atoms with E-state index in [1.54, 1.807) is 13.0 Å². The van der Waals surface area contributed by atoms with Crippen molar-refractivity contribution in [1.29, 1.82) is 0 Å². The number of benzene rings is 2. The molecule has 0 unspecified atom stereocenters. The molecule has 2 aromatic rings. The van der Waals surface area contributed by atoms with Gasteiger partial charge in [0.1, 0.15) is 5.75 Å². The molecule has 1 fully saturated rings. The Hall–Kier alpha value is -2.59. The van der Waals surface area contributed by atoms with Gasteiger partial charge in [0.2, 0.25) is 15.9 Å². The molecule has 31 heavy (non-hydrogen) atoms. The number of halogens is 3. The van der Waals surface area contributed by atoms with E-state index in [4.69, 9.17) is 4.74 Å².